The number of hydrogen-bond acceptors (Lipinski definition) is 3. The highest BCUT2D eigenvalue weighted by Gasteiger charge is 2.13. The van der Waals surface area contributed by atoms with Crippen LogP contribution in [0.1, 0.15) is 30.6 Å². The van der Waals surface area contributed by atoms with Gasteiger partial charge in [0.2, 0.25) is 0 Å². The number of aromatic nitrogens is 2. The second kappa shape index (κ2) is 5.65. The van der Waals surface area contributed by atoms with Crippen molar-refractivity contribution >= 4 is 5.91 Å². The molecule has 0 aliphatic heterocycles. The summed E-state index contributed by atoms with van der Waals surface area (Å²) in [6, 6.07) is 0. The number of hydrogen-bond donors (Lipinski definition) is 1. The van der Waals surface area contributed by atoms with E-state index < -0.39 is 0 Å². The number of aryl methyl sites for hydroxylation is 1. The molecule has 16 heavy (non-hydrogen) atoms. The molecule has 1 aromatic heterocycles. The molecule has 0 saturated carbocycles. The predicted molar refractivity (Wildman–Crippen MR) is 61.2 cm³/mol. The number of aliphatic hydroxyl groups excluding tert-OH is 1. The lowest BCUT2D eigenvalue weighted by Crippen LogP contribution is -2.29. The highest BCUT2D eigenvalue weighted by molar-refractivity contribution is 5.93. The second-order valence-electron chi connectivity index (χ2n) is 3.95. The Labute approximate surface area is 95.7 Å². The molecule has 1 unspecified atom stereocenters. The zero-order chi connectivity index (χ0) is 12.1. The summed E-state index contributed by atoms with van der Waals surface area (Å²) in [6.07, 6.45) is 3.52. The van der Waals surface area contributed by atoms with Crippen molar-refractivity contribution in [1.82, 2.24) is 14.7 Å². The van der Waals surface area contributed by atoms with Crippen LogP contribution in [0.5, 0.6) is 0 Å². The molecule has 0 aromatic carbocycles. The maximum absolute atomic E-state index is 11.9. The minimum Gasteiger partial charge on any atom is -0.393 e. The standard InChI is InChI=1S/C11H19N3O2/c1-4-14-8-10(7-12-14)11(16)13(3)6-5-9(2)15/h7-9,15H,4-6H2,1-3H3. The van der Waals surface area contributed by atoms with Crippen molar-refractivity contribution in [1.29, 1.82) is 0 Å². The van der Waals surface area contributed by atoms with Gasteiger partial charge in [-0.25, -0.2) is 0 Å². The molecule has 1 N–H and O–H groups in total. The Balaban J connectivity index is 2.56. The van der Waals surface area contributed by atoms with Crippen LogP contribution in [0.4, 0.5) is 0 Å². The summed E-state index contributed by atoms with van der Waals surface area (Å²) < 4.78 is 1.72. The molecule has 0 bridgehead atoms. The minimum absolute atomic E-state index is 0.0552. The van der Waals surface area contributed by atoms with E-state index in [1.54, 1.807) is 35.9 Å². The molecule has 0 fully saturated rings. The van der Waals surface area contributed by atoms with Gasteiger partial charge in [0.05, 0.1) is 17.9 Å². The molecule has 90 valence electrons. The Morgan fingerprint density at radius 1 is 1.69 bits per heavy atom. The Morgan fingerprint density at radius 3 is 2.88 bits per heavy atom. The van der Waals surface area contributed by atoms with Crippen molar-refractivity contribution in [2.45, 2.75) is 32.9 Å². The average Bonchev–Trinajstić information content (AvgIpc) is 2.73. The fourth-order valence-corrected chi connectivity index (χ4v) is 1.35. The number of amides is 1. The highest BCUT2D eigenvalue weighted by atomic mass is 16.3. The van der Waals surface area contributed by atoms with Gasteiger partial charge in [-0.2, -0.15) is 5.10 Å². The van der Waals surface area contributed by atoms with Crippen molar-refractivity contribution in [3.8, 4) is 0 Å². The third-order valence-electron chi connectivity index (χ3n) is 2.43. The summed E-state index contributed by atoms with van der Waals surface area (Å²) in [6.45, 7) is 4.99. The summed E-state index contributed by atoms with van der Waals surface area (Å²) in [5.74, 6) is -0.0552. The summed E-state index contributed by atoms with van der Waals surface area (Å²) in [4.78, 5) is 13.5. The van der Waals surface area contributed by atoms with Gasteiger partial charge in [-0.1, -0.05) is 0 Å². The second-order valence-corrected chi connectivity index (χ2v) is 3.95. The zero-order valence-electron chi connectivity index (χ0n) is 10.1. The van der Waals surface area contributed by atoms with Gasteiger partial charge >= 0.3 is 0 Å². The quantitative estimate of drug-likeness (QED) is 0.804. The first-order valence-corrected chi connectivity index (χ1v) is 5.50. The van der Waals surface area contributed by atoms with E-state index in [9.17, 15) is 4.79 Å². The molecule has 1 atom stereocenters. The molecule has 5 nitrogen and oxygen atoms in total. The molecular formula is C11H19N3O2. The first kappa shape index (κ1) is 12.7. The van der Waals surface area contributed by atoms with Gasteiger partial charge in [0, 0.05) is 26.3 Å². The number of rotatable bonds is 5. The molecule has 1 rings (SSSR count). The number of aliphatic hydroxyl groups is 1. The molecule has 1 heterocycles. The largest absolute Gasteiger partial charge is 0.393 e. The zero-order valence-corrected chi connectivity index (χ0v) is 10.1. The van der Waals surface area contributed by atoms with E-state index in [2.05, 4.69) is 5.10 Å². The maximum atomic E-state index is 11.9. The van der Waals surface area contributed by atoms with Crippen LogP contribution in [-0.4, -0.2) is 45.4 Å². The van der Waals surface area contributed by atoms with E-state index in [0.717, 1.165) is 6.54 Å². The average molecular weight is 225 g/mol. The Hall–Kier alpha value is -1.36. The van der Waals surface area contributed by atoms with Crippen LogP contribution >= 0.6 is 0 Å². The number of nitrogens with zero attached hydrogens (tertiary/aromatic N) is 3. The number of carbonyl (C=O) groups excluding carboxylic acids is 1. The van der Waals surface area contributed by atoms with E-state index in [1.165, 1.54) is 0 Å². The van der Waals surface area contributed by atoms with Gasteiger partial charge in [0.1, 0.15) is 0 Å². The van der Waals surface area contributed by atoms with Crippen molar-refractivity contribution in [2.24, 2.45) is 0 Å². The smallest absolute Gasteiger partial charge is 0.256 e. The number of carbonyl (C=O) groups is 1. The summed E-state index contributed by atoms with van der Waals surface area (Å²) in [5.41, 5.74) is 0.593. The predicted octanol–water partition coefficient (Wildman–Crippen LogP) is 0.746. The Kier molecular flexibility index (Phi) is 4.49. The van der Waals surface area contributed by atoms with Gasteiger partial charge in [0.15, 0.2) is 0 Å². The van der Waals surface area contributed by atoms with Crippen LogP contribution < -0.4 is 0 Å². The summed E-state index contributed by atoms with van der Waals surface area (Å²) in [7, 11) is 1.73. The van der Waals surface area contributed by atoms with E-state index in [1.807, 2.05) is 6.92 Å². The normalized spacial score (nSPS) is 12.5. The third kappa shape index (κ3) is 3.34. The SMILES string of the molecule is CCn1cc(C(=O)N(C)CCC(C)O)cn1. The van der Waals surface area contributed by atoms with Gasteiger partial charge in [0.25, 0.3) is 5.91 Å². The minimum atomic E-state index is -0.381. The van der Waals surface area contributed by atoms with Crippen molar-refractivity contribution < 1.29 is 9.90 Å². The molecule has 0 saturated heterocycles. The van der Waals surface area contributed by atoms with Crippen LogP contribution in [0.3, 0.4) is 0 Å². The van der Waals surface area contributed by atoms with E-state index in [0.29, 0.717) is 18.5 Å². The highest BCUT2D eigenvalue weighted by Crippen LogP contribution is 2.04. The fourth-order valence-electron chi connectivity index (χ4n) is 1.35. The van der Waals surface area contributed by atoms with Crippen LogP contribution in [0.25, 0.3) is 0 Å². The molecular weight excluding hydrogens is 206 g/mol. The van der Waals surface area contributed by atoms with Crippen LogP contribution in [0.15, 0.2) is 12.4 Å². The first-order valence-electron chi connectivity index (χ1n) is 5.50. The molecule has 1 aromatic rings. The van der Waals surface area contributed by atoms with Crippen molar-refractivity contribution in [3.63, 3.8) is 0 Å². The van der Waals surface area contributed by atoms with Gasteiger partial charge < -0.3 is 10.0 Å². The van der Waals surface area contributed by atoms with Crippen molar-refractivity contribution in [3.05, 3.63) is 18.0 Å². The van der Waals surface area contributed by atoms with Crippen LogP contribution in [0, 0.1) is 0 Å². The topological polar surface area (TPSA) is 58.4 Å². The van der Waals surface area contributed by atoms with E-state index >= 15 is 0 Å². The lowest BCUT2D eigenvalue weighted by Gasteiger charge is -2.16. The fraction of sp³-hybridized carbons (Fsp3) is 0.636. The lowest BCUT2D eigenvalue weighted by molar-refractivity contribution is 0.0769. The Bertz CT molecular complexity index is 347. The molecule has 0 aliphatic carbocycles. The van der Waals surface area contributed by atoms with Gasteiger partial charge in [-0.15, -0.1) is 0 Å². The van der Waals surface area contributed by atoms with Crippen LogP contribution in [0.2, 0.25) is 0 Å². The van der Waals surface area contributed by atoms with Crippen molar-refractivity contribution in [2.75, 3.05) is 13.6 Å². The molecule has 0 aliphatic rings. The van der Waals surface area contributed by atoms with E-state index in [-0.39, 0.29) is 12.0 Å². The molecule has 0 spiro atoms. The first-order chi connectivity index (χ1) is 7.54. The van der Waals surface area contributed by atoms with E-state index in [4.69, 9.17) is 5.11 Å². The maximum Gasteiger partial charge on any atom is 0.256 e. The third-order valence-corrected chi connectivity index (χ3v) is 2.43. The van der Waals surface area contributed by atoms with Gasteiger partial charge in [-0.05, 0) is 20.3 Å². The summed E-state index contributed by atoms with van der Waals surface area (Å²) >= 11 is 0. The van der Waals surface area contributed by atoms with Crippen LogP contribution in [-0.2, 0) is 6.54 Å². The lowest BCUT2D eigenvalue weighted by atomic mass is 10.2. The monoisotopic (exact) mass is 225 g/mol. The Morgan fingerprint density at radius 2 is 2.38 bits per heavy atom. The molecule has 1 amide bonds. The van der Waals surface area contributed by atoms with Gasteiger partial charge in [-0.3, -0.25) is 9.48 Å². The summed E-state index contributed by atoms with van der Waals surface area (Å²) in [5, 5.41) is 13.2. The molecule has 5 heteroatoms. The molecule has 0 radical (unpaired) electrons.